The van der Waals surface area contributed by atoms with Crippen molar-refractivity contribution in [3.05, 3.63) is 35.4 Å². The van der Waals surface area contributed by atoms with Gasteiger partial charge in [-0.05, 0) is 43.4 Å². The minimum absolute atomic E-state index is 0.00486. The van der Waals surface area contributed by atoms with Crippen LogP contribution >= 0.6 is 0 Å². The van der Waals surface area contributed by atoms with E-state index in [0.717, 1.165) is 5.56 Å². The number of nitriles is 1. The zero-order valence-corrected chi connectivity index (χ0v) is 13.2. The lowest BCUT2D eigenvalue weighted by Crippen LogP contribution is -2.43. The van der Waals surface area contributed by atoms with Crippen molar-refractivity contribution in [1.82, 2.24) is 10.6 Å². The molecule has 1 aromatic rings. The summed E-state index contributed by atoms with van der Waals surface area (Å²) in [4.78, 5) is 34.7. The van der Waals surface area contributed by atoms with E-state index in [0.29, 0.717) is 31.2 Å². The van der Waals surface area contributed by atoms with Crippen molar-refractivity contribution in [2.75, 3.05) is 0 Å². The van der Waals surface area contributed by atoms with Gasteiger partial charge < -0.3 is 11.1 Å². The Bertz CT molecular complexity index is 673. The highest BCUT2D eigenvalue weighted by atomic mass is 16.2. The number of nitrogens with one attached hydrogen (secondary N) is 2. The number of hydrogen-bond acceptors (Lipinski definition) is 4. The number of amides is 4. The molecule has 1 aromatic carbocycles. The lowest BCUT2D eigenvalue weighted by Gasteiger charge is -2.28. The highest BCUT2D eigenvalue weighted by molar-refractivity contribution is 5.95. The standard InChI is InChI=1S/C17H20N4O3/c18-9-8-11-2-1-3-13(10-11)16(23)20-14-6-4-12(5-7-14)15(22)21-17(19)24/h1-3,10,12,14H,4-8H2,(H,20,23)(H3,19,21,22,24). The minimum atomic E-state index is -0.840. The fourth-order valence-electron chi connectivity index (χ4n) is 2.91. The summed E-state index contributed by atoms with van der Waals surface area (Å²) in [7, 11) is 0. The smallest absolute Gasteiger partial charge is 0.318 e. The molecular formula is C17H20N4O3. The lowest BCUT2D eigenvalue weighted by atomic mass is 9.85. The Balaban J connectivity index is 1.86. The topological polar surface area (TPSA) is 125 Å². The average molecular weight is 328 g/mol. The molecular weight excluding hydrogens is 308 g/mol. The first-order chi connectivity index (χ1) is 11.5. The molecule has 0 bridgehead atoms. The second-order valence-electron chi connectivity index (χ2n) is 5.91. The van der Waals surface area contributed by atoms with Crippen molar-refractivity contribution in [2.45, 2.75) is 38.1 Å². The van der Waals surface area contributed by atoms with Crippen LogP contribution in [0.15, 0.2) is 24.3 Å². The fourth-order valence-corrected chi connectivity index (χ4v) is 2.91. The van der Waals surface area contributed by atoms with Crippen LogP contribution in [0.3, 0.4) is 0 Å². The van der Waals surface area contributed by atoms with Crippen LogP contribution in [-0.4, -0.2) is 23.9 Å². The summed E-state index contributed by atoms with van der Waals surface area (Å²) in [6, 6.07) is 8.20. The maximum atomic E-state index is 12.3. The van der Waals surface area contributed by atoms with Gasteiger partial charge in [0, 0.05) is 17.5 Å². The van der Waals surface area contributed by atoms with Crippen molar-refractivity contribution in [2.24, 2.45) is 11.7 Å². The molecule has 0 spiro atoms. The SMILES string of the molecule is N#CCc1cccc(C(=O)NC2CCC(C(=O)NC(N)=O)CC2)c1. The van der Waals surface area contributed by atoms with E-state index in [1.165, 1.54) is 0 Å². The van der Waals surface area contributed by atoms with Crippen LogP contribution in [-0.2, 0) is 11.2 Å². The van der Waals surface area contributed by atoms with Gasteiger partial charge in [-0.1, -0.05) is 12.1 Å². The molecule has 1 fully saturated rings. The molecule has 2 rings (SSSR count). The van der Waals surface area contributed by atoms with Crippen molar-refractivity contribution in [1.29, 1.82) is 5.26 Å². The van der Waals surface area contributed by atoms with Gasteiger partial charge in [-0.25, -0.2) is 4.79 Å². The van der Waals surface area contributed by atoms with Gasteiger partial charge in [-0.15, -0.1) is 0 Å². The Kier molecular flexibility index (Phi) is 5.90. The summed E-state index contributed by atoms with van der Waals surface area (Å²) < 4.78 is 0. The normalized spacial score (nSPS) is 19.8. The minimum Gasteiger partial charge on any atom is -0.351 e. The number of carbonyl (C=O) groups is 3. The van der Waals surface area contributed by atoms with Gasteiger partial charge in [0.25, 0.3) is 5.91 Å². The Morgan fingerprint density at radius 2 is 1.92 bits per heavy atom. The number of hydrogen-bond donors (Lipinski definition) is 3. The predicted molar refractivity (Wildman–Crippen MR) is 86.7 cm³/mol. The maximum absolute atomic E-state index is 12.3. The third-order valence-electron chi connectivity index (χ3n) is 4.15. The second kappa shape index (κ2) is 8.11. The van der Waals surface area contributed by atoms with E-state index in [9.17, 15) is 14.4 Å². The monoisotopic (exact) mass is 328 g/mol. The van der Waals surface area contributed by atoms with Crippen molar-refractivity contribution in [3.63, 3.8) is 0 Å². The van der Waals surface area contributed by atoms with E-state index in [-0.39, 0.29) is 30.2 Å². The van der Waals surface area contributed by atoms with Crippen LogP contribution in [0, 0.1) is 17.2 Å². The van der Waals surface area contributed by atoms with Gasteiger partial charge >= 0.3 is 6.03 Å². The van der Waals surface area contributed by atoms with Crippen LogP contribution in [0.1, 0.15) is 41.6 Å². The molecule has 7 nitrogen and oxygen atoms in total. The average Bonchev–Trinajstić information content (AvgIpc) is 2.55. The number of imide groups is 1. The maximum Gasteiger partial charge on any atom is 0.318 e. The molecule has 1 saturated carbocycles. The van der Waals surface area contributed by atoms with Gasteiger partial charge in [-0.3, -0.25) is 14.9 Å². The number of urea groups is 1. The summed E-state index contributed by atoms with van der Waals surface area (Å²) in [5, 5.41) is 13.8. The van der Waals surface area contributed by atoms with Crippen molar-refractivity contribution in [3.8, 4) is 6.07 Å². The molecule has 0 saturated heterocycles. The van der Waals surface area contributed by atoms with Crippen molar-refractivity contribution >= 4 is 17.8 Å². The van der Waals surface area contributed by atoms with Crippen LogP contribution < -0.4 is 16.4 Å². The van der Waals surface area contributed by atoms with Gasteiger partial charge in [0.1, 0.15) is 0 Å². The zero-order valence-electron chi connectivity index (χ0n) is 13.2. The van der Waals surface area contributed by atoms with Gasteiger partial charge in [0.05, 0.1) is 12.5 Å². The number of nitrogens with two attached hydrogens (primary N) is 1. The van der Waals surface area contributed by atoms with Gasteiger partial charge in [-0.2, -0.15) is 5.26 Å². The fraction of sp³-hybridized carbons (Fsp3) is 0.412. The number of carbonyl (C=O) groups excluding carboxylic acids is 3. The number of primary amides is 1. The van der Waals surface area contributed by atoms with Crippen LogP contribution in [0.4, 0.5) is 4.79 Å². The van der Waals surface area contributed by atoms with E-state index >= 15 is 0 Å². The summed E-state index contributed by atoms with van der Waals surface area (Å²) in [5.41, 5.74) is 6.27. The second-order valence-corrected chi connectivity index (χ2v) is 5.91. The first kappa shape index (κ1) is 17.5. The van der Waals surface area contributed by atoms with E-state index in [4.69, 9.17) is 11.0 Å². The zero-order chi connectivity index (χ0) is 17.5. The molecule has 0 heterocycles. The number of benzene rings is 1. The van der Waals surface area contributed by atoms with Crippen LogP contribution in [0.25, 0.3) is 0 Å². The predicted octanol–water partition coefficient (Wildman–Crippen LogP) is 1.24. The molecule has 1 aliphatic carbocycles. The molecule has 1 aliphatic rings. The molecule has 4 amide bonds. The largest absolute Gasteiger partial charge is 0.351 e. The van der Waals surface area contributed by atoms with Crippen LogP contribution in [0.2, 0.25) is 0 Å². The Morgan fingerprint density at radius 1 is 1.21 bits per heavy atom. The molecule has 4 N–H and O–H groups in total. The molecule has 0 aliphatic heterocycles. The highest BCUT2D eigenvalue weighted by Gasteiger charge is 2.27. The Hall–Kier alpha value is -2.88. The summed E-state index contributed by atoms with van der Waals surface area (Å²) in [6.45, 7) is 0. The molecule has 7 heteroatoms. The Labute approximate surface area is 140 Å². The first-order valence-electron chi connectivity index (χ1n) is 7.86. The quantitative estimate of drug-likeness (QED) is 0.768. The lowest BCUT2D eigenvalue weighted by molar-refractivity contribution is -0.124. The third-order valence-corrected chi connectivity index (χ3v) is 4.15. The summed E-state index contributed by atoms with van der Waals surface area (Å²) in [5.74, 6) is -0.777. The van der Waals surface area contributed by atoms with E-state index in [2.05, 4.69) is 16.7 Å². The van der Waals surface area contributed by atoms with E-state index in [1.54, 1.807) is 18.2 Å². The van der Waals surface area contributed by atoms with Gasteiger partial charge in [0.2, 0.25) is 5.91 Å². The molecule has 126 valence electrons. The van der Waals surface area contributed by atoms with E-state index < -0.39 is 6.03 Å². The molecule has 0 aromatic heterocycles. The highest BCUT2D eigenvalue weighted by Crippen LogP contribution is 2.24. The van der Waals surface area contributed by atoms with E-state index in [1.807, 2.05) is 6.07 Å². The number of rotatable bonds is 4. The Morgan fingerprint density at radius 3 is 2.54 bits per heavy atom. The third kappa shape index (κ3) is 4.81. The van der Waals surface area contributed by atoms with Crippen molar-refractivity contribution < 1.29 is 14.4 Å². The molecule has 0 atom stereocenters. The number of nitrogens with zero attached hydrogens (tertiary/aromatic N) is 1. The molecule has 0 unspecified atom stereocenters. The van der Waals surface area contributed by atoms with Crippen LogP contribution in [0.5, 0.6) is 0 Å². The summed E-state index contributed by atoms with van der Waals surface area (Å²) in [6.07, 6.45) is 2.79. The summed E-state index contributed by atoms with van der Waals surface area (Å²) >= 11 is 0. The van der Waals surface area contributed by atoms with Gasteiger partial charge in [0.15, 0.2) is 0 Å². The molecule has 0 radical (unpaired) electrons. The molecule has 24 heavy (non-hydrogen) atoms. The first-order valence-corrected chi connectivity index (χ1v) is 7.86.